The molecule has 0 spiro atoms. The van der Waals surface area contributed by atoms with E-state index in [4.69, 9.17) is 5.73 Å². The molecule has 176 valence electrons. The minimum absolute atomic E-state index is 0. The first kappa shape index (κ1) is 23.9. The predicted octanol–water partition coefficient (Wildman–Crippen LogP) is 4.84. The average molecular weight is 497 g/mol. The first-order valence-corrected chi connectivity index (χ1v) is 11.7. The second kappa shape index (κ2) is 9.58. The van der Waals surface area contributed by atoms with Crippen LogP contribution in [0.2, 0.25) is 0 Å². The molecular weight excluding hydrogens is 472 g/mol. The molecule has 0 aliphatic carbocycles. The highest BCUT2D eigenvalue weighted by molar-refractivity contribution is 7.17. The Bertz CT molecular complexity index is 1240. The van der Waals surface area contributed by atoms with E-state index in [9.17, 15) is 14.4 Å². The molecule has 2 aliphatic heterocycles. The predicted molar refractivity (Wildman–Crippen MR) is 136 cm³/mol. The Morgan fingerprint density at radius 1 is 0.971 bits per heavy atom. The molecule has 1 aromatic heterocycles. The summed E-state index contributed by atoms with van der Waals surface area (Å²) in [4.78, 5) is 41.0. The van der Waals surface area contributed by atoms with E-state index in [-0.39, 0.29) is 24.2 Å². The van der Waals surface area contributed by atoms with Crippen molar-refractivity contribution in [3.8, 4) is 0 Å². The number of nitrogens with zero attached hydrogens (tertiary/aromatic N) is 1. The number of nitrogens with two attached hydrogens (primary N) is 1. The second-order valence-corrected chi connectivity index (χ2v) is 9.53. The van der Waals surface area contributed by atoms with Gasteiger partial charge in [0.05, 0.1) is 5.56 Å². The van der Waals surface area contributed by atoms with Gasteiger partial charge in [0.15, 0.2) is 5.78 Å². The maximum atomic E-state index is 12.7. The molecule has 2 atom stereocenters. The minimum atomic E-state index is -0.518. The van der Waals surface area contributed by atoms with Crippen LogP contribution in [0.1, 0.15) is 55.6 Å². The number of hydrogen-bond donors (Lipinski definition) is 3. The molecule has 1 fully saturated rings. The summed E-state index contributed by atoms with van der Waals surface area (Å²) in [7, 11) is 2.11. The van der Waals surface area contributed by atoms with Crippen molar-refractivity contribution in [2.45, 2.75) is 31.3 Å². The quantitative estimate of drug-likeness (QED) is 0.440. The highest BCUT2D eigenvalue weighted by Gasteiger charge is 2.41. The van der Waals surface area contributed by atoms with Crippen molar-refractivity contribution < 1.29 is 14.4 Å². The molecule has 3 heterocycles. The van der Waals surface area contributed by atoms with E-state index in [1.807, 2.05) is 18.2 Å². The van der Waals surface area contributed by atoms with E-state index in [2.05, 4.69) is 22.6 Å². The van der Waals surface area contributed by atoms with Crippen LogP contribution in [-0.2, 0) is 6.42 Å². The van der Waals surface area contributed by atoms with Gasteiger partial charge in [-0.3, -0.25) is 19.8 Å². The second-order valence-electron chi connectivity index (χ2n) is 8.48. The van der Waals surface area contributed by atoms with Gasteiger partial charge >= 0.3 is 6.03 Å². The summed E-state index contributed by atoms with van der Waals surface area (Å²) in [5.74, 6) is -0.600. The summed E-state index contributed by atoms with van der Waals surface area (Å²) in [6.07, 6.45) is 2.93. The van der Waals surface area contributed by atoms with E-state index in [1.165, 1.54) is 11.3 Å². The van der Waals surface area contributed by atoms with Gasteiger partial charge in [0.2, 0.25) is 0 Å². The van der Waals surface area contributed by atoms with Crippen molar-refractivity contribution in [1.82, 2.24) is 4.90 Å². The number of thiophene rings is 1. The van der Waals surface area contributed by atoms with E-state index in [0.717, 1.165) is 29.7 Å². The third kappa shape index (κ3) is 4.32. The number of halogens is 1. The van der Waals surface area contributed by atoms with Gasteiger partial charge in [-0.25, -0.2) is 4.79 Å². The molecular formula is C25H25ClN4O3S. The van der Waals surface area contributed by atoms with Crippen molar-refractivity contribution in [3.63, 3.8) is 0 Å². The lowest BCUT2D eigenvalue weighted by Crippen LogP contribution is -2.34. The van der Waals surface area contributed by atoms with Crippen molar-refractivity contribution in [1.29, 1.82) is 0 Å². The number of hydrogen-bond acceptors (Lipinski definition) is 5. The number of primary amides is 1. The lowest BCUT2D eigenvalue weighted by Gasteiger charge is -2.31. The third-order valence-corrected chi connectivity index (χ3v) is 7.78. The number of ketones is 1. The topological polar surface area (TPSA) is 105 Å². The Morgan fingerprint density at radius 3 is 2.32 bits per heavy atom. The van der Waals surface area contributed by atoms with Gasteiger partial charge in [0.1, 0.15) is 5.00 Å². The van der Waals surface area contributed by atoms with Crippen LogP contribution in [0.15, 0.2) is 54.6 Å². The molecule has 2 unspecified atom stereocenters. The summed E-state index contributed by atoms with van der Waals surface area (Å²) in [6.45, 7) is 0. The molecule has 4 N–H and O–H groups in total. The number of carbonyl (C=O) groups excluding carboxylic acids is 3. The van der Waals surface area contributed by atoms with Crippen LogP contribution in [-0.4, -0.2) is 35.7 Å². The Morgan fingerprint density at radius 2 is 1.65 bits per heavy atom. The van der Waals surface area contributed by atoms with Gasteiger partial charge in [-0.05, 0) is 56.1 Å². The van der Waals surface area contributed by atoms with Gasteiger partial charge in [-0.2, -0.15) is 0 Å². The zero-order chi connectivity index (χ0) is 23.1. The lowest BCUT2D eigenvalue weighted by molar-refractivity contribution is 0.0997. The fraction of sp³-hybridized carbons (Fsp3) is 0.240. The van der Waals surface area contributed by atoms with Crippen molar-refractivity contribution in [2.24, 2.45) is 5.73 Å². The molecule has 0 saturated carbocycles. The molecule has 2 bridgehead atoms. The van der Waals surface area contributed by atoms with Crippen LogP contribution >= 0.6 is 23.7 Å². The SMILES string of the molecule is CN1C2CCC1c1sc(NC(=O)Nc3ccc(C(=O)c4ccccc4)cc3)c(C(N)=O)c1C2.Cl. The number of carbonyl (C=O) groups is 3. The Balaban J connectivity index is 0.00000274. The zero-order valence-electron chi connectivity index (χ0n) is 18.5. The summed E-state index contributed by atoms with van der Waals surface area (Å²) in [5.41, 5.74) is 8.80. The number of nitrogens with one attached hydrogen (secondary N) is 2. The normalized spacial score (nSPS) is 18.5. The summed E-state index contributed by atoms with van der Waals surface area (Å²) < 4.78 is 0. The van der Waals surface area contributed by atoms with Crippen LogP contribution in [0.5, 0.6) is 0 Å². The van der Waals surface area contributed by atoms with Crippen molar-refractivity contribution in [2.75, 3.05) is 17.7 Å². The third-order valence-electron chi connectivity index (χ3n) is 6.54. The van der Waals surface area contributed by atoms with Crippen molar-refractivity contribution in [3.05, 3.63) is 81.7 Å². The summed E-state index contributed by atoms with van der Waals surface area (Å²) in [6, 6.07) is 16.0. The van der Waals surface area contributed by atoms with E-state index < -0.39 is 11.9 Å². The van der Waals surface area contributed by atoms with E-state index in [0.29, 0.717) is 33.4 Å². The standard InChI is InChI=1S/C25H24N4O3S.ClH/c1-29-17-11-12-19(29)22-18(13-17)20(23(26)31)24(33-22)28-25(32)27-16-9-7-15(8-10-16)21(30)14-5-3-2-4-6-14;/h2-10,17,19H,11-13H2,1H3,(H2,26,31)(H2,27,28,32);1H. The number of fused-ring (bicyclic) bond motifs is 4. The highest BCUT2D eigenvalue weighted by atomic mass is 35.5. The lowest BCUT2D eigenvalue weighted by atomic mass is 9.97. The number of benzene rings is 2. The molecule has 0 radical (unpaired) electrons. The number of likely N-dealkylation sites (N-methyl/N-ethyl adjacent to an activating group) is 1. The van der Waals surface area contributed by atoms with Crippen LogP contribution in [0.25, 0.3) is 0 Å². The monoisotopic (exact) mass is 496 g/mol. The van der Waals surface area contributed by atoms with Crippen molar-refractivity contribution >= 4 is 52.2 Å². The van der Waals surface area contributed by atoms with Gasteiger partial charge in [0.25, 0.3) is 5.91 Å². The molecule has 3 aromatic rings. The molecule has 2 aromatic carbocycles. The molecule has 2 aliphatic rings. The first-order chi connectivity index (χ1) is 15.9. The summed E-state index contributed by atoms with van der Waals surface area (Å²) >= 11 is 1.44. The average Bonchev–Trinajstić information content (AvgIpc) is 3.28. The Labute approximate surface area is 207 Å². The fourth-order valence-corrected chi connectivity index (χ4v) is 6.26. The maximum absolute atomic E-state index is 12.7. The largest absolute Gasteiger partial charge is 0.365 e. The maximum Gasteiger partial charge on any atom is 0.324 e. The molecule has 9 heteroatoms. The Hall–Kier alpha value is -3.20. The molecule has 7 nitrogen and oxygen atoms in total. The Kier molecular flexibility index (Phi) is 6.74. The van der Waals surface area contributed by atoms with Gasteiger partial charge in [-0.1, -0.05) is 30.3 Å². The van der Waals surface area contributed by atoms with Crippen LogP contribution < -0.4 is 16.4 Å². The van der Waals surface area contributed by atoms with E-state index in [1.54, 1.807) is 36.4 Å². The molecule has 5 rings (SSSR count). The van der Waals surface area contributed by atoms with Crippen LogP contribution in [0.3, 0.4) is 0 Å². The zero-order valence-corrected chi connectivity index (χ0v) is 20.2. The number of urea groups is 1. The molecule has 1 saturated heterocycles. The van der Waals surface area contributed by atoms with E-state index >= 15 is 0 Å². The smallest absolute Gasteiger partial charge is 0.324 e. The van der Waals surface area contributed by atoms with Gasteiger partial charge < -0.3 is 11.1 Å². The summed E-state index contributed by atoms with van der Waals surface area (Å²) in [5, 5.41) is 6.07. The number of anilines is 2. The first-order valence-electron chi connectivity index (χ1n) is 10.9. The van der Waals surface area contributed by atoms with Crippen LogP contribution in [0.4, 0.5) is 15.5 Å². The van der Waals surface area contributed by atoms with Gasteiger partial charge in [-0.15, -0.1) is 23.7 Å². The fourth-order valence-electron chi connectivity index (χ4n) is 4.84. The van der Waals surface area contributed by atoms with Crippen LogP contribution in [0, 0.1) is 0 Å². The highest BCUT2D eigenvalue weighted by Crippen LogP contribution is 2.49. The number of amides is 3. The molecule has 34 heavy (non-hydrogen) atoms. The van der Waals surface area contributed by atoms with Gasteiger partial charge in [0, 0.05) is 33.8 Å². The molecule has 3 amide bonds. The minimum Gasteiger partial charge on any atom is -0.365 e. The number of rotatable bonds is 5.